The summed E-state index contributed by atoms with van der Waals surface area (Å²) in [4.78, 5) is 22.9. The topological polar surface area (TPSA) is 99.2 Å². The third kappa shape index (κ3) is 3.29. The average Bonchev–Trinajstić information content (AvgIpc) is 3.53. The van der Waals surface area contributed by atoms with Crippen molar-refractivity contribution in [3.63, 3.8) is 0 Å². The summed E-state index contributed by atoms with van der Waals surface area (Å²) in [6.45, 7) is 2.48. The number of hydrogen-bond acceptors (Lipinski definition) is 6. The number of aromatic nitrogens is 4. The number of hydrogen-bond donors (Lipinski definition) is 1. The van der Waals surface area contributed by atoms with Gasteiger partial charge in [0.2, 0.25) is 5.91 Å². The van der Waals surface area contributed by atoms with E-state index in [9.17, 15) is 4.79 Å². The van der Waals surface area contributed by atoms with Crippen LogP contribution in [0.5, 0.6) is 11.5 Å². The van der Waals surface area contributed by atoms with Crippen LogP contribution >= 0.6 is 0 Å². The van der Waals surface area contributed by atoms with Crippen LogP contribution < -0.4 is 10.5 Å². The third-order valence-electron chi connectivity index (χ3n) is 6.79. The number of carbonyl (C=O) groups excluding carboxylic acids is 1. The van der Waals surface area contributed by atoms with Crippen molar-refractivity contribution >= 4 is 22.8 Å². The molecule has 166 valence electrons. The van der Waals surface area contributed by atoms with Gasteiger partial charge in [-0.25, -0.2) is 14.6 Å². The number of nitrogen functional groups attached to an aromatic ring is 1. The molecule has 3 atom stereocenters. The molecule has 8 nitrogen and oxygen atoms in total. The summed E-state index contributed by atoms with van der Waals surface area (Å²) in [7, 11) is 0. The highest BCUT2D eigenvalue weighted by atomic mass is 16.5. The van der Waals surface area contributed by atoms with Gasteiger partial charge in [0.15, 0.2) is 5.65 Å². The third-order valence-corrected chi connectivity index (χ3v) is 6.79. The Bertz CT molecular complexity index is 1330. The first-order chi connectivity index (χ1) is 16.1. The molecule has 3 unspecified atom stereocenters. The van der Waals surface area contributed by atoms with E-state index in [2.05, 4.69) is 9.97 Å². The molecular formula is C25H24N6O2. The average molecular weight is 441 g/mol. The van der Waals surface area contributed by atoms with Crippen LogP contribution in [0.1, 0.15) is 25.8 Å². The van der Waals surface area contributed by atoms with E-state index >= 15 is 0 Å². The maximum Gasteiger partial charge on any atom is 0.219 e. The lowest BCUT2D eigenvalue weighted by atomic mass is 10.1. The lowest BCUT2D eigenvalue weighted by molar-refractivity contribution is -0.131. The first kappa shape index (κ1) is 19.7. The highest BCUT2D eigenvalue weighted by Crippen LogP contribution is 2.46. The zero-order valence-electron chi connectivity index (χ0n) is 18.3. The quantitative estimate of drug-likeness (QED) is 0.514. The molecule has 8 heteroatoms. The maximum atomic E-state index is 12.2. The summed E-state index contributed by atoms with van der Waals surface area (Å²) >= 11 is 0. The summed E-state index contributed by atoms with van der Waals surface area (Å²) in [6, 6.07) is 17.7. The number of nitrogens with zero attached hydrogens (tertiary/aromatic N) is 5. The van der Waals surface area contributed by atoms with Crippen molar-refractivity contribution < 1.29 is 9.53 Å². The molecule has 2 aliphatic rings. The summed E-state index contributed by atoms with van der Waals surface area (Å²) in [5.74, 6) is 2.54. The predicted molar refractivity (Wildman–Crippen MR) is 125 cm³/mol. The van der Waals surface area contributed by atoms with Gasteiger partial charge in [-0.15, -0.1) is 0 Å². The number of amides is 1. The van der Waals surface area contributed by atoms with Crippen LogP contribution in [0.15, 0.2) is 60.9 Å². The zero-order chi connectivity index (χ0) is 22.5. The van der Waals surface area contributed by atoms with E-state index in [1.165, 1.54) is 6.33 Å². The van der Waals surface area contributed by atoms with Crippen LogP contribution in [-0.2, 0) is 4.79 Å². The molecule has 2 N–H and O–H groups in total. The van der Waals surface area contributed by atoms with Gasteiger partial charge in [0.25, 0.3) is 0 Å². The van der Waals surface area contributed by atoms with Crippen molar-refractivity contribution in [3.05, 3.63) is 60.9 Å². The van der Waals surface area contributed by atoms with Crippen molar-refractivity contribution in [2.24, 2.45) is 5.92 Å². The minimum atomic E-state index is 0.0823. The standard InChI is InChI=1S/C25H24N6O2/c1-15(32)30-13-16-11-20(30)21(12-16)31-25-22(24(26)27-14-28-25)23(29-31)17-7-9-19(10-8-17)33-18-5-3-2-4-6-18/h2-10,14,16,20-21H,11-13H2,1H3,(H2,26,27,28). The number of anilines is 1. The van der Waals surface area contributed by atoms with E-state index in [-0.39, 0.29) is 18.0 Å². The number of benzene rings is 2. The summed E-state index contributed by atoms with van der Waals surface area (Å²) < 4.78 is 7.89. The fourth-order valence-corrected chi connectivity index (χ4v) is 5.35. The second kappa shape index (κ2) is 7.58. The van der Waals surface area contributed by atoms with E-state index in [0.717, 1.165) is 47.5 Å². The summed E-state index contributed by atoms with van der Waals surface area (Å²) in [6.07, 6.45) is 3.47. The van der Waals surface area contributed by atoms with Gasteiger partial charge in [-0.05, 0) is 55.2 Å². The molecule has 1 saturated heterocycles. The Balaban J connectivity index is 1.38. The van der Waals surface area contributed by atoms with Gasteiger partial charge >= 0.3 is 0 Å². The first-order valence-electron chi connectivity index (χ1n) is 11.2. The smallest absolute Gasteiger partial charge is 0.219 e. The molecule has 4 aromatic rings. The molecule has 0 radical (unpaired) electrons. The Kier molecular flexibility index (Phi) is 4.53. The number of piperidine rings is 1. The Morgan fingerprint density at radius 2 is 1.73 bits per heavy atom. The zero-order valence-corrected chi connectivity index (χ0v) is 18.3. The van der Waals surface area contributed by atoms with Gasteiger partial charge in [-0.1, -0.05) is 18.2 Å². The van der Waals surface area contributed by atoms with Crippen LogP contribution in [0.2, 0.25) is 0 Å². The van der Waals surface area contributed by atoms with Gasteiger partial charge in [0.05, 0.1) is 17.5 Å². The molecule has 1 aliphatic carbocycles. The van der Waals surface area contributed by atoms with E-state index < -0.39 is 0 Å². The first-order valence-corrected chi connectivity index (χ1v) is 11.2. The van der Waals surface area contributed by atoms with Crippen molar-refractivity contribution in [1.82, 2.24) is 24.6 Å². The minimum absolute atomic E-state index is 0.0823. The summed E-state index contributed by atoms with van der Waals surface area (Å²) in [5.41, 5.74) is 8.66. The molecule has 1 aliphatic heterocycles. The SMILES string of the molecule is CC(=O)N1CC2CC1C(n1nc(-c3ccc(Oc4ccccc4)cc3)c3c(N)ncnc31)C2. The van der Waals surface area contributed by atoms with E-state index in [1.807, 2.05) is 64.2 Å². The van der Waals surface area contributed by atoms with Crippen LogP contribution in [0.25, 0.3) is 22.3 Å². The molecule has 1 amide bonds. The molecule has 3 heterocycles. The van der Waals surface area contributed by atoms with Crippen molar-refractivity contribution in [3.8, 4) is 22.8 Å². The normalized spacial score (nSPS) is 21.6. The van der Waals surface area contributed by atoms with Crippen molar-refractivity contribution in [2.45, 2.75) is 31.8 Å². The number of nitrogens with two attached hydrogens (primary N) is 1. The molecule has 2 bridgehead atoms. The van der Waals surface area contributed by atoms with E-state index in [0.29, 0.717) is 17.4 Å². The number of para-hydroxylation sites is 1. The predicted octanol–water partition coefficient (Wildman–Crippen LogP) is 4.05. The fraction of sp³-hybridized carbons (Fsp3) is 0.280. The number of likely N-dealkylation sites (tertiary alicyclic amines) is 1. The number of carbonyl (C=O) groups is 1. The minimum Gasteiger partial charge on any atom is -0.457 e. The van der Waals surface area contributed by atoms with Crippen LogP contribution in [0, 0.1) is 5.92 Å². The molecule has 6 rings (SSSR count). The monoisotopic (exact) mass is 440 g/mol. The van der Waals surface area contributed by atoms with Crippen LogP contribution in [0.4, 0.5) is 5.82 Å². The van der Waals surface area contributed by atoms with E-state index in [4.69, 9.17) is 15.6 Å². The molecule has 33 heavy (non-hydrogen) atoms. The van der Waals surface area contributed by atoms with Gasteiger partial charge in [-0.2, -0.15) is 5.10 Å². The number of rotatable bonds is 4. The lowest BCUT2D eigenvalue weighted by Gasteiger charge is -2.32. The Hall–Kier alpha value is -3.94. The van der Waals surface area contributed by atoms with Crippen molar-refractivity contribution in [1.29, 1.82) is 0 Å². The Morgan fingerprint density at radius 1 is 1.00 bits per heavy atom. The molecular weight excluding hydrogens is 416 g/mol. The second-order valence-electron chi connectivity index (χ2n) is 8.83. The largest absolute Gasteiger partial charge is 0.457 e. The fourth-order valence-electron chi connectivity index (χ4n) is 5.35. The maximum absolute atomic E-state index is 12.2. The highest BCUT2D eigenvalue weighted by Gasteiger charge is 2.48. The van der Waals surface area contributed by atoms with Gasteiger partial charge in [0, 0.05) is 19.0 Å². The second-order valence-corrected chi connectivity index (χ2v) is 8.83. The van der Waals surface area contributed by atoms with Gasteiger partial charge < -0.3 is 15.4 Å². The molecule has 1 saturated carbocycles. The number of ether oxygens (including phenoxy) is 1. The molecule has 2 fully saturated rings. The molecule has 0 spiro atoms. The summed E-state index contributed by atoms with van der Waals surface area (Å²) in [5, 5.41) is 5.73. The Labute approximate surface area is 191 Å². The van der Waals surface area contributed by atoms with Crippen LogP contribution in [0.3, 0.4) is 0 Å². The van der Waals surface area contributed by atoms with Gasteiger partial charge in [0.1, 0.15) is 29.3 Å². The van der Waals surface area contributed by atoms with Gasteiger partial charge in [-0.3, -0.25) is 4.79 Å². The van der Waals surface area contributed by atoms with E-state index in [1.54, 1.807) is 6.92 Å². The molecule has 2 aromatic carbocycles. The highest BCUT2D eigenvalue weighted by molar-refractivity contribution is 5.98. The number of fused-ring (bicyclic) bond motifs is 3. The lowest BCUT2D eigenvalue weighted by Crippen LogP contribution is -2.42. The van der Waals surface area contributed by atoms with Crippen molar-refractivity contribution in [2.75, 3.05) is 12.3 Å². The molecule has 2 aromatic heterocycles. The Morgan fingerprint density at radius 3 is 2.45 bits per heavy atom. The van der Waals surface area contributed by atoms with Crippen LogP contribution in [-0.4, -0.2) is 43.1 Å².